The van der Waals surface area contributed by atoms with Crippen molar-refractivity contribution in [2.24, 2.45) is 0 Å². The zero-order valence-corrected chi connectivity index (χ0v) is 46.0. The van der Waals surface area contributed by atoms with Crippen LogP contribution in [0.4, 0.5) is 5.69 Å². The van der Waals surface area contributed by atoms with Crippen LogP contribution in [0.2, 0.25) is 0 Å². The predicted octanol–water partition coefficient (Wildman–Crippen LogP) is 16.7. The van der Waals surface area contributed by atoms with Crippen LogP contribution in [0.15, 0.2) is 252 Å². The molecule has 386 valence electrons. The summed E-state index contributed by atoms with van der Waals surface area (Å²) in [5.74, 6) is 1.95. The van der Waals surface area contributed by atoms with Gasteiger partial charge in [-0.15, -0.1) is 0 Å². The third-order valence-corrected chi connectivity index (χ3v) is 21.5. The van der Waals surface area contributed by atoms with Gasteiger partial charge in [0, 0.05) is 27.2 Å². The SMILES string of the molecule is Cc1ccc(S(=O)(=O)N(P(Oc2cccc3ccccc23)Oc2cccc3ccccc23)C(C)(C)c2ccccc2N)cc1.Cc1ccc(S(=O)(=O)P(Oc2cccc3ccccc23)Oc2cccc3ccccc23)cc1. The average Bonchev–Trinajstić information content (AvgIpc) is 3.50. The van der Waals surface area contributed by atoms with Gasteiger partial charge in [-0.3, -0.25) is 0 Å². The van der Waals surface area contributed by atoms with Gasteiger partial charge in [0.1, 0.15) is 23.0 Å². The van der Waals surface area contributed by atoms with Crippen LogP contribution in [0.5, 0.6) is 23.0 Å². The van der Waals surface area contributed by atoms with Crippen molar-refractivity contribution in [1.82, 2.24) is 4.08 Å². The summed E-state index contributed by atoms with van der Waals surface area (Å²) in [5, 5.41) is 7.18. The van der Waals surface area contributed by atoms with Gasteiger partial charge in [-0.05, 0) is 109 Å². The molecule has 2 N–H and O–H groups in total. The van der Waals surface area contributed by atoms with Gasteiger partial charge in [0.15, 0.2) is 0 Å². The molecule has 77 heavy (non-hydrogen) atoms. The fraction of sp³-hybridized carbons (Fsp3) is 0.0794. The van der Waals surface area contributed by atoms with Gasteiger partial charge in [-0.25, -0.2) is 16.8 Å². The number of benzene rings is 11. The molecule has 0 atom stereocenters. The zero-order valence-electron chi connectivity index (χ0n) is 42.6. The Balaban J connectivity index is 0.000000182. The first-order chi connectivity index (χ1) is 37.2. The maximum atomic E-state index is 14.9. The van der Waals surface area contributed by atoms with E-state index in [0.717, 1.165) is 54.2 Å². The summed E-state index contributed by atoms with van der Waals surface area (Å²) >= 11 is 0. The monoisotopic (exact) mass is 1090 g/mol. The maximum Gasteiger partial charge on any atom is 0.426 e. The van der Waals surface area contributed by atoms with Crippen molar-refractivity contribution in [1.29, 1.82) is 0 Å². The van der Waals surface area contributed by atoms with Gasteiger partial charge >= 0.3 is 16.1 Å². The van der Waals surface area contributed by atoms with Crippen LogP contribution in [-0.2, 0) is 25.0 Å². The molecule has 11 aromatic carbocycles. The predicted molar refractivity (Wildman–Crippen MR) is 315 cm³/mol. The number of para-hydroxylation sites is 1. The molecule has 0 bridgehead atoms. The third-order valence-electron chi connectivity index (χ3n) is 13.0. The van der Waals surface area contributed by atoms with Crippen LogP contribution in [0.25, 0.3) is 43.1 Å². The summed E-state index contributed by atoms with van der Waals surface area (Å²) in [4.78, 5) is 0.293. The van der Waals surface area contributed by atoms with Crippen LogP contribution in [0, 0.1) is 13.8 Å². The molecule has 0 unspecified atom stereocenters. The Bertz CT molecular complexity index is 3960. The molecule has 10 nitrogen and oxygen atoms in total. The van der Waals surface area contributed by atoms with Crippen LogP contribution in [0.3, 0.4) is 0 Å². The van der Waals surface area contributed by atoms with Crippen molar-refractivity contribution < 1.29 is 34.9 Å². The Morgan fingerprint density at radius 3 is 1.10 bits per heavy atom. The number of nitrogens with two attached hydrogens (primary N) is 1. The molecule has 0 amide bonds. The summed E-state index contributed by atoms with van der Waals surface area (Å²) in [5.41, 5.74) is 8.32. The second-order valence-electron chi connectivity index (χ2n) is 18.7. The Kier molecular flexibility index (Phi) is 15.3. The van der Waals surface area contributed by atoms with Gasteiger partial charge in [0.25, 0.3) is 19.5 Å². The van der Waals surface area contributed by atoms with Gasteiger partial charge < -0.3 is 23.8 Å². The number of fused-ring (bicyclic) bond motifs is 4. The molecule has 0 saturated heterocycles. The number of aryl methyl sites for hydroxylation is 2. The molecule has 0 aliphatic rings. The maximum absolute atomic E-state index is 14.9. The van der Waals surface area contributed by atoms with Crippen LogP contribution < -0.4 is 23.8 Å². The summed E-state index contributed by atoms with van der Waals surface area (Å²) in [6.07, 6.45) is 0. The fourth-order valence-corrected chi connectivity index (χ4v) is 16.4. The van der Waals surface area contributed by atoms with Gasteiger partial charge in [0.2, 0.25) is 0 Å². The Morgan fingerprint density at radius 1 is 0.390 bits per heavy atom. The molecule has 0 spiro atoms. The number of hydrogen-bond donors (Lipinski definition) is 1. The first-order valence-electron chi connectivity index (χ1n) is 24.7. The minimum absolute atomic E-state index is 0.126. The van der Waals surface area contributed by atoms with E-state index in [1.165, 1.54) is 4.08 Å². The minimum Gasteiger partial charge on any atom is -0.427 e. The van der Waals surface area contributed by atoms with Crippen molar-refractivity contribution in [2.75, 3.05) is 5.73 Å². The highest BCUT2D eigenvalue weighted by Gasteiger charge is 2.49. The number of sulfonamides is 1. The molecule has 14 heteroatoms. The molecule has 11 rings (SSSR count). The van der Waals surface area contributed by atoms with Crippen molar-refractivity contribution in [2.45, 2.75) is 43.0 Å². The molecular formula is C63H54N2O8P2S2. The van der Waals surface area contributed by atoms with Gasteiger partial charge in [-0.1, -0.05) is 203 Å². The van der Waals surface area contributed by atoms with Crippen LogP contribution >= 0.6 is 16.1 Å². The number of nitrogen functional groups attached to an aromatic ring is 1. The van der Waals surface area contributed by atoms with Gasteiger partial charge in [0.05, 0.1) is 15.3 Å². The molecule has 0 aliphatic carbocycles. The molecule has 0 aliphatic heterocycles. The molecule has 0 fully saturated rings. The highest BCUT2D eigenvalue weighted by Crippen LogP contribution is 2.56. The molecule has 0 aromatic heterocycles. The summed E-state index contributed by atoms with van der Waals surface area (Å²) in [6, 6.07) is 74.5. The lowest BCUT2D eigenvalue weighted by Gasteiger charge is -2.40. The highest BCUT2D eigenvalue weighted by molar-refractivity contribution is 8.47. The van der Waals surface area contributed by atoms with E-state index in [9.17, 15) is 16.8 Å². The molecule has 0 radical (unpaired) electrons. The standard InChI is InChI=1S/C36H33N2O4PS.C27H21O4PS/c1-26-22-24-29(25-23-26)44(39,40)38(36(2,3)32-18-8-9-19-33(32)37)43(41-34-20-10-14-27-12-4-6-16-30(27)34)42-35-21-11-15-28-13-5-7-17-31(28)35;1-20-16-18-23(19-17-20)33(28,29)32(30-26-14-6-10-21-8-2-4-12-24(21)26)31-27-15-7-11-22-9-3-5-13-25(22)27/h4-25H,37H2,1-3H3;2-19H,1H3. The first kappa shape index (κ1) is 52.6. The van der Waals surface area contributed by atoms with Crippen LogP contribution in [-0.4, -0.2) is 20.9 Å². The Morgan fingerprint density at radius 2 is 0.714 bits per heavy atom. The lowest BCUT2D eigenvalue weighted by molar-refractivity contribution is 0.300. The quantitative estimate of drug-likeness (QED) is 0.0786. The van der Waals surface area contributed by atoms with E-state index in [0.29, 0.717) is 34.2 Å². The average molecular weight is 1090 g/mol. The fourth-order valence-electron chi connectivity index (χ4n) is 9.00. The number of anilines is 1. The van der Waals surface area contributed by atoms with E-state index < -0.39 is 41.1 Å². The summed E-state index contributed by atoms with van der Waals surface area (Å²) < 4.78 is 84.4. The van der Waals surface area contributed by atoms with E-state index in [4.69, 9.17) is 23.8 Å². The topological polar surface area (TPSA) is 134 Å². The lowest BCUT2D eigenvalue weighted by Crippen LogP contribution is -2.44. The van der Waals surface area contributed by atoms with E-state index in [2.05, 4.69) is 0 Å². The molecule has 0 saturated carbocycles. The summed E-state index contributed by atoms with van der Waals surface area (Å²) in [6.45, 7) is 7.50. The van der Waals surface area contributed by atoms with Crippen LogP contribution in [0.1, 0.15) is 30.5 Å². The van der Waals surface area contributed by atoms with Gasteiger partial charge in [-0.2, -0.15) is 0 Å². The number of hydrogen-bond acceptors (Lipinski definition) is 9. The lowest BCUT2D eigenvalue weighted by atomic mass is 9.94. The van der Waals surface area contributed by atoms with E-state index in [1.807, 2.05) is 204 Å². The Labute approximate surface area is 451 Å². The van der Waals surface area contributed by atoms with E-state index >= 15 is 0 Å². The minimum atomic E-state index is -4.23. The molecule has 0 heterocycles. The number of nitrogens with zero attached hydrogens (tertiary/aromatic N) is 1. The van der Waals surface area contributed by atoms with E-state index in [-0.39, 0.29) is 9.79 Å². The normalized spacial score (nSPS) is 12.0. The molecule has 11 aromatic rings. The zero-order chi connectivity index (χ0) is 53.7. The van der Waals surface area contributed by atoms with Crippen molar-refractivity contribution in [3.05, 3.63) is 259 Å². The first-order valence-corrected chi connectivity index (χ1v) is 30.5. The van der Waals surface area contributed by atoms with Crippen molar-refractivity contribution in [3.8, 4) is 23.0 Å². The smallest absolute Gasteiger partial charge is 0.426 e. The second kappa shape index (κ2) is 22.4. The Hall–Kier alpha value is -7.82. The third kappa shape index (κ3) is 11.2. The largest absolute Gasteiger partial charge is 0.427 e. The second-order valence-corrected chi connectivity index (χ2v) is 26.6. The highest BCUT2D eigenvalue weighted by atomic mass is 32.8. The summed E-state index contributed by atoms with van der Waals surface area (Å²) in [7, 11) is -13.0. The molecular weight excluding hydrogens is 1040 g/mol. The van der Waals surface area contributed by atoms with Crippen molar-refractivity contribution in [3.63, 3.8) is 0 Å². The number of rotatable bonds is 15. The van der Waals surface area contributed by atoms with Crippen molar-refractivity contribution >= 4 is 84.4 Å². The van der Waals surface area contributed by atoms with E-state index in [1.54, 1.807) is 66.7 Å².